The number of nitrogens with one attached hydrogen (secondary N) is 1. The number of benzene rings is 2. The van der Waals surface area contributed by atoms with Crippen LogP contribution in [0.15, 0.2) is 36.4 Å². The molecule has 0 unspecified atom stereocenters. The Hall–Kier alpha value is -2.77. The minimum atomic E-state index is -0.363. The maximum absolute atomic E-state index is 12.7. The molecule has 7 nitrogen and oxygen atoms in total. The van der Waals surface area contributed by atoms with Gasteiger partial charge in [0.1, 0.15) is 11.2 Å². The molecule has 0 aliphatic heterocycles. The van der Waals surface area contributed by atoms with Crippen molar-refractivity contribution >= 4 is 39.9 Å². The Labute approximate surface area is 151 Å². The fourth-order valence-electron chi connectivity index (χ4n) is 2.78. The molecule has 0 atom stereocenters. The minimum absolute atomic E-state index is 0.0140. The van der Waals surface area contributed by atoms with Crippen LogP contribution in [-0.2, 0) is 7.05 Å². The van der Waals surface area contributed by atoms with E-state index in [9.17, 15) is 4.79 Å². The monoisotopic (exact) mass is 372 g/mol. The largest absolute Gasteiger partial charge is 0.283 e. The lowest BCUT2D eigenvalue weighted by molar-refractivity contribution is 0.102. The summed E-state index contributed by atoms with van der Waals surface area (Å²) in [6, 6.07) is 10.8. The molecule has 0 spiro atoms. The molecule has 1 N–H and O–H groups in total. The Morgan fingerprint density at radius 3 is 2.72 bits per heavy atom. The molecule has 2 heterocycles. The van der Waals surface area contributed by atoms with Gasteiger partial charge in [0.25, 0.3) is 5.78 Å². The van der Waals surface area contributed by atoms with Gasteiger partial charge in [0, 0.05) is 33.6 Å². The van der Waals surface area contributed by atoms with Gasteiger partial charge < -0.3 is 0 Å². The Morgan fingerprint density at radius 1 is 1.16 bits per heavy atom. The van der Waals surface area contributed by atoms with Gasteiger partial charge in [-0.25, -0.2) is 0 Å². The molecule has 0 fully saturated rings. The van der Waals surface area contributed by atoms with E-state index < -0.39 is 0 Å². The van der Waals surface area contributed by atoms with E-state index in [0.717, 1.165) is 11.1 Å². The van der Waals surface area contributed by atoms with E-state index in [0.29, 0.717) is 26.6 Å². The van der Waals surface area contributed by atoms with Crippen molar-refractivity contribution < 1.29 is 4.79 Å². The van der Waals surface area contributed by atoms with Crippen LogP contribution in [0.25, 0.3) is 22.0 Å². The summed E-state index contributed by atoms with van der Waals surface area (Å²) in [5.74, 6) is -0.377. The van der Waals surface area contributed by atoms with Gasteiger partial charge in [-0.05, 0) is 17.3 Å². The number of carbonyl (C=O) groups is 1. The molecule has 0 amide bonds. The number of tetrazole rings is 1. The zero-order valence-corrected chi connectivity index (χ0v) is 14.4. The third-order valence-electron chi connectivity index (χ3n) is 3.85. The maximum Gasteiger partial charge on any atom is 0.252 e. The summed E-state index contributed by atoms with van der Waals surface area (Å²) in [6.07, 6.45) is 0. The van der Waals surface area contributed by atoms with Crippen LogP contribution < -0.4 is 0 Å². The number of aryl methyl sites for hydroxylation is 1. The minimum Gasteiger partial charge on any atom is -0.283 e. The van der Waals surface area contributed by atoms with Crippen LogP contribution in [-0.4, -0.2) is 36.2 Å². The summed E-state index contributed by atoms with van der Waals surface area (Å²) >= 11 is 12.3. The van der Waals surface area contributed by atoms with Crippen molar-refractivity contribution in [1.29, 1.82) is 0 Å². The first-order valence-electron chi connectivity index (χ1n) is 7.25. The molecular formula is C16H10Cl2N6O. The fraction of sp³-hybridized carbons (Fsp3) is 0.0625. The van der Waals surface area contributed by atoms with Gasteiger partial charge in [-0.3, -0.25) is 9.48 Å². The van der Waals surface area contributed by atoms with Crippen LogP contribution in [0.1, 0.15) is 16.3 Å². The first-order chi connectivity index (χ1) is 12.1. The van der Waals surface area contributed by atoms with Crippen LogP contribution in [0.3, 0.4) is 0 Å². The summed E-state index contributed by atoms with van der Waals surface area (Å²) in [6.45, 7) is 0. The molecule has 0 saturated heterocycles. The second kappa shape index (κ2) is 5.94. The van der Waals surface area contributed by atoms with Gasteiger partial charge in [0.05, 0.1) is 0 Å². The highest BCUT2D eigenvalue weighted by atomic mass is 35.5. The topological polar surface area (TPSA) is 89.4 Å². The summed E-state index contributed by atoms with van der Waals surface area (Å²) in [5.41, 5.74) is 2.62. The number of aromatic nitrogens is 6. The molecule has 4 rings (SSSR count). The highest BCUT2D eigenvalue weighted by molar-refractivity contribution is 6.36. The van der Waals surface area contributed by atoms with Gasteiger partial charge in [-0.1, -0.05) is 47.5 Å². The van der Waals surface area contributed by atoms with Crippen LogP contribution in [0.4, 0.5) is 0 Å². The van der Waals surface area contributed by atoms with E-state index in [-0.39, 0.29) is 11.6 Å². The van der Waals surface area contributed by atoms with Crippen molar-refractivity contribution in [2.45, 2.75) is 0 Å². The third kappa shape index (κ3) is 2.57. The summed E-state index contributed by atoms with van der Waals surface area (Å²) in [4.78, 5) is 12.7. The highest BCUT2D eigenvalue weighted by Gasteiger charge is 2.23. The molecule has 2 aromatic heterocycles. The van der Waals surface area contributed by atoms with E-state index in [1.54, 1.807) is 19.2 Å². The van der Waals surface area contributed by atoms with Crippen LogP contribution in [0, 0.1) is 0 Å². The molecule has 0 aliphatic carbocycles. The standard InChI is InChI=1S/C16H10Cl2N6O/c1-24-14(15(25)16-19-22-23-20-16)11-4-2-3-10(13(11)21-24)9-6-5-8(17)7-12(9)18/h2-7H,1H3,(H,19,20,22,23). The number of hydrogen-bond donors (Lipinski definition) is 1. The second-order valence-corrected chi connectivity index (χ2v) is 6.21. The SMILES string of the molecule is Cn1nc2c(-c3ccc(Cl)cc3Cl)cccc2c1C(=O)c1nn[nH]n1. The van der Waals surface area contributed by atoms with Crippen molar-refractivity contribution in [2.75, 3.05) is 0 Å². The normalized spacial score (nSPS) is 11.2. The molecule has 9 heteroatoms. The van der Waals surface area contributed by atoms with Gasteiger partial charge in [0.2, 0.25) is 5.82 Å². The lowest BCUT2D eigenvalue weighted by atomic mass is 10.0. The maximum atomic E-state index is 12.7. The third-order valence-corrected chi connectivity index (χ3v) is 4.40. The summed E-state index contributed by atoms with van der Waals surface area (Å²) < 4.78 is 1.51. The molecule has 2 aromatic carbocycles. The molecule has 4 aromatic rings. The van der Waals surface area contributed by atoms with Gasteiger partial charge in [-0.2, -0.15) is 10.3 Å². The number of H-pyrrole nitrogens is 1. The number of rotatable bonds is 3. The van der Waals surface area contributed by atoms with Gasteiger partial charge >= 0.3 is 0 Å². The molecule has 0 aliphatic rings. The molecule has 0 bridgehead atoms. The lowest BCUT2D eigenvalue weighted by Gasteiger charge is -2.06. The molecule has 124 valence electrons. The second-order valence-electron chi connectivity index (χ2n) is 5.36. The number of nitrogens with zero attached hydrogens (tertiary/aromatic N) is 5. The van der Waals surface area contributed by atoms with Crippen molar-refractivity contribution in [3.63, 3.8) is 0 Å². The van der Waals surface area contributed by atoms with E-state index in [2.05, 4.69) is 25.7 Å². The Bertz CT molecular complexity index is 1100. The van der Waals surface area contributed by atoms with Crippen molar-refractivity contribution in [3.05, 3.63) is 58.0 Å². The average molecular weight is 373 g/mol. The number of carbonyl (C=O) groups excluding carboxylic acids is 1. The summed E-state index contributed by atoms with van der Waals surface area (Å²) in [7, 11) is 1.70. The Balaban J connectivity index is 1.95. The first-order valence-corrected chi connectivity index (χ1v) is 8.01. The van der Waals surface area contributed by atoms with E-state index >= 15 is 0 Å². The van der Waals surface area contributed by atoms with Gasteiger partial charge in [-0.15, -0.1) is 10.2 Å². The first kappa shape index (κ1) is 15.7. The molecule has 25 heavy (non-hydrogen) atoms. The number of ketones is 1. The number of hydrogen-bond acceptors (Lipinski definition) is 5. The van der Waals surface area contributed by atoms with E-state index in [1.807, 2.05) is 24.3 Å². The Kier molecular flexibility index (Phi) is 3.74. The fourth-order valence-corrected chi connectivity index (χ4v) is 3.29. The van der Waals surface area contributed by atoms with Crippen LogP contribution in [0.2, 0.25) is 10.0 Å². The van der Waals surface area contributed by atoms with Crippen LogP contribution in [0.5, 0.6) is 0 Å². The lowest BCUT2D eigenvalue weighted by Crippen LogP contribution is -2.10. The smallest absolute Gasteiger partial charge is 0.252 e. The predicted molar refractivity (Wildman–Crippen MR) is 93.8 cm³/mol. The van der Waals surface area contributed by atoms with Crippen molar-refractivity contribution in [1.82, 2.24) is 30.4 Å². The summed E-state index contributed by atoms with van der Waals surface area (Å²) in [5, 5.41) is 19.5. The number of fused-ring (bicyclic) bond motifs is 1. The van der Waals surface area contributed by atoms with E-state index in [1.165, 1.54) is 4.68 Å². The number of aromatic amines is 1. The molecule has 0 saturated carbocycles. The van der Waals surface area contributed by atoms with E-state index in [4.69, 9.17) is 23.2 Å². The quantitative estimate of drug-likeness (QED) is 0.557. The van der Waals surface area contributed by atoms with Crippen LogP contribution >= 0.6 is 23.2 Å². The molecule has 0 radical (unpaired) electrons. The van der Waals surface area contributed by atoms with Crippen molar-refractivity contribution in [2.24, 2.45) is 7.05 Å². The van der Waals surface area contributed by atoms with Crippen molar-refractivity contribution in [3.8, 4) is 11.1 Å². The van der Waals surface area contributed by atoms with Gasteiger partial charge in [0.15, 0.2) is 0 Å². The molecular weight excluding hydrogens is 363 g/mol. The average Bonchev–Trinajstić information content (AvgIpc) is 3.21. The number of halogens is 2. The zero-order chi connectivity index (χ0) is 17.6. The predicted octanol–water partition coefficient (Wildman–Crippen LogP) is 3.29. The highest BCUT2D eigenvalue weighted by Crippen LogP contribution is 2.35. The zero-order valence-electron chi connectivity index (χ0n) is 12.9. The Morgan fingerprint density at radius 2 is 2.00 bits per heavy atom.